The molecule has 2 heterocycles. The Labute approximate surface area is 76.9 Å². The van der Waals surface area contributed by atoms with Gasteiger partial charge in [-0.2, -0.15) is 5.10 Å². The Kier molecular flexibility index (Phi) is 1.66. The number of rotatable bonds is 1. The molecule has 0 aliphatic heterocycles. The van der Waals surface area contributed by atoms with Gasteiger partial charge in [-0.15, -0.1) is 4.68 Å². The zero-order valence-corrected chi connectivity index (χ0v) is 7.36. The lowest BCUT2D eigenvalue weighted by Gasteiger charge is -1.97. The van der Waals surface area contributed by atoms with E-state index in [9.17, 15) is 4.79 Å². The highest BCUT2D eigenvalue weighted by Crippen LogP contribution is 2.15. The van der Waals surface area contributed by atoms with Gasteiger partial charge in [0.2, 0.25) is 0 Å². The predicted molar refractivity (Wildman–Crippen MR) is 43.8 cm³/mol. The Bertz CT molecular complexity index is 462. The van der Waals surface area contributed by atoms with Crippen LogP contribution in [0.3, 0.4) is 0 Å². The van der Waals surface area contributed by atoms with Crippen molar-refractivity contribution in [2.45, 2.75) is 0 Å². The maximum atomic E-state index is 11.1. The first-order chi connectivity index (χ1) is 6.20. The fourth-order valence-corrected chi connectivity index (χ4v) is 1.22. The van der Waals surface area contributed by atoms with Crippen molar-refractivity contribution in [2.75, 3.05) is 0 Å². The molecule has 0 aliphatic carbocycles. The molecule has 0 unspecified atom stereocenters. The number of aryl methyl sites for hydroxylation is 1. The van der Waals surface area contributed by atoms with Crippen molar-refractivity contribution in [3.63, 3.8) is 0 Å². The number of hydrogen-bond acceptors (Lipinski definition) is 4. The van der Waals surface area contributed by atoms with Crippen molar-refractivity contribution < 1.29 is 0 Å². The number of nitrogens with one attached hydrogen (secondary N) is 1. The Morgan fingerprint density at radius 2 is 2.38 bits per heavy atom. The fourth-order valence-electron chi connectivity index (χ4n) is 0.979. The van der Waals surface area contributed by atoms with Crippen LogP contribution in [0.15, 0.2) is 11.0 Å². The Morgan fingerprint density at radius 1 is 1.62 bits per heavy atom. The molecule has 0 bridgehead atoms. The van der Waals surface area contributed by atoms with Gasteiger partial charge in [0.25, 0.3) is 0 Å². The molecule has 0 spiro atoms. The monoisotopic (exact) mass is 200 g/mol. The van der Waals surface area contributed by atoms with Crippen LogP contribution >= 0.6 is 11.6 Å². The minimum Gasteiger partial charge on any atom is -0.249 e. The number of nitrogens with zero attached hydrogens (tertiary/aromatic N) is 5. The second-order valence-corrected chi connectivity index (χ2v) is 2.77. The van der Waals surface area contributed by atoms with Crippen molar-refractivity contribution in [2.24, 2.45) is 7.05 Å². The summed E-state index contributed by atoms with van der Waals surface area (Å²) < 4.78 is 2.47. The van der Waals surface area contributed by atoms with Crippen molar-refractivity contribution in [3.8, 4) is 5.82 Å². The lowest BCUT2D eigenvalue weighted by molar-refractivity contribution is 0.671. The molecule has 0 radical (unpaired) electrons. The fraction of sp³-hybridized carbons (Fsp3) is 0.200. The zero-order chi connectivity index (χ0) is 9.42. The molecule has 0 aliphatic rings. The highest BCUT2D eigenvalue weighted by Gasteiger charge is 2.12. The van der Waals surface area contributed by atoms with Gasteiger partial charge in [-0.3, -0.25) is 0 Å². The maximum Gasteiger partial charge on any atom is 0.367 e. The van der Waals surface area contributed by atoms with E-state index >= 15 is 0 Å². The van der Waals surface area contributed by atoms with Crippen LogP contribution < -0.4 is 5.69 Å². The van der Waals surface area contributed by atoms with Gasteiger partial charge in [-0.1, -0.05) is 11.6 Å². The van der Waals surface area contributed by atoms with E-state index in [-0.39, 0.29) is 0 Å². The average molecular weight is 201 g/mol. The van der Waals surface area contributed by atoms with Crippen molar-refractivity contribution in [1.82, 2.24) is 30.0 Å². The molecule has 0 saturated heterocycles. The smallest absolute Gasteiger partial charge is 0.249 e. The topological polar surface area (TPSA) is 81.4 Å². The minimum absolute atomic E-state index is 0.346. The predicted octanol–water partition coefficient (Wildman–Crippen LogP) is -0.657. The summed E-state index contributed by atoms with van der Waals surface area (Å²) in [7, 11) is 1.66. The Balaban J connectivity index is 2.71. The quantitative estimate of drug-likeness (QED) is 0.663. The summed E-state index contributed by atoms with van der Waals surface area (Å²) in [6.45, 7) is 0. The molecule has 68 valence electrons. The van der Waals surface area contributed by atoms with Gasteiger partial charge in [0.05, 0.1) is 6.20 Å². The largest absolute Gasteiger partial charge is 0.367 e. The molecule has 2 aromatic heterocycles. The lowest BCUT2D eigenvalue weighted by atomic mass is 10.6. The van der Waals surface area contributed by atoms with E-state index in [0.717, 1.165) is 4.68 Å². The summed E-state index contributed by atoms with van der Waals surface area (Å²) in [6, 6.07) is 0. The lowest BCUT2D eigenvalue weighted by Crippen LogP contribution is -2.19. The molecule has 8 heteroatoms. The summed E-state index contributed by atoms with van der Waals surface area (Å²) in [5.74, 6) is 0.389. The van der Waals surface area contributed by atoms with Gasteiger partial charge in [-0.05, 0) is 10.4 Å². The van der Waals surface area contributed by atoms with Gasteiger partial charge in [0.1, 0.15) is 5.02 Å². The summed E-state index contributed by atoms with van der Waals surface area (Å²) in [6.07, 6.45) is 1.43. The van der Waals surface area contributed by atoms with Gasteiger partial charge in [0, 0.05) is 7.05 Å². The third-order valence-corrected chi connectivity index (χ3v) is 1.80. The van der Waals surface area contributed by atoms with E-state index in [1.54, 1.807) is 7.05 Å². The standard InChI is InChI=1S/C5H5ClN6O/c1-11-4(3(6)2-7-11)12-5(13)8-9-10-12/h2H,1H3,(H,8,10,13). The molecule has 7 nitrogen and oxygen atoms in total. The molecular formula is C5H5ClN6O. The van der Waals surface area contributed by atoms with Crippen LogP contribution in [0.25, 0.3) is 5.82 Å². The molecule has 0 aromatic carbocycles. The van der Waals surface area contributed by atoms with Crippen molar-refractivity contribution in [1.29, 1.82) is 0 Å². The van der Waals surface area contributed by atoms with E-state index in [1.807, 2.05) is 0 Å². The van der Waals surface area contributed by atoms with Crippen molar-refractivity contribution in [3.05, 3.63) is 21.7 Å². The highest BCUT2D eigenvalue weighted by atomic mass is 35.5. The van der Waals surface area contributed by atoms with E-state index < -0.39 is 5.69 Å². The van der Waals surface area contributed by atoms with Gasteiger partial charge < -0.3 is 0 Å². The normalized spacial score (nSPS) is 10.6. The first-order valence-corrected chi connectivity index (χ1v) is 3.76. The second kappa shape index (κ2) is 2.70. The summed E-state index contributed by atoms with van der Waals surface area (Å²) in [5, 5.41) is 13.2. The first kappa shape index (κ1) is 7.99. The van der Waals surface area contributed by atoms with E-state index in [4.69, 9.17) is 11.6 Å². The van der Waals surface area contributed by atoms with Gasteiger partial charge in [-0.25, -0.2) is 14.6 Å². The molecule has 0 saturated carbocycles. The highest BCUT2D eigenvalue weighted by molar-refractivity contribution is 6.32. The SMILES string of the molecule is Cn1ncc(Cl)c1-n1nn[nH]c1=O. The molecule has 2 aromatic rings. The number of H-pyrrole nitrogens is 1. The third-order valence-electron chi connectivity index (χ3n) is 1.54. The Hall–Kier alpha value is -1.63. The summed E-state index contributed by atoms with van der Waals surface area (Å²) >= 11 is 5.78. The summed E-state index contributed by atoms with van der Waals surface area (Å²) in [5.41, 5.74) is -0.453. The molecule has 2 rings (SSSR count). The zero-order valence-electron chi connectivity index (χ0n) is 6.60. The number of aromatic amines is 1. The van der Waals surface area contributed by atoms with Gasteiger partial charge >= 0.3 is 5.69 Å². The van der Waals surface area contributed by atoms with E-state index in [2.05, 4.69) is 20.6 Å². The van der Waals surface area contributed by atoms with Crippen LogP contribution in [0.4, 0.5) is 0 Å². The van der Waals surface area contributed by atoms with E-state index in [1.165, 1.54) is 10.9 Å². The molecule has 0 amide bonds. The number of hydrogen-bond donors (Lipinski definition) is 1. The number of halogens is 1. The van der Waals surface area contributed by atoms with E-state index in [0.29, 0.717) is 10.8 Å². The van der Waals surface area contributed by atoms with Crippen LogP contribution in [-0.2, 0) is 7.05 Å². The molecule has 1 N–H and O–H groups in total. The molecule has 0 fully saturated rings. The Morgan fingerprint density at radius 3 is 2.85 bits per heavy atom. The van der Waals surface area contributed by atoms with Crippen LogP contribution in [0.5, 0.6) is 0 Å². The number of tetrazole rings is 1. The number of aromatic nitrogens is 6. The molecule has 13 heavy (non-hydrogen) atoms. The first-order valence-electron chi connectivity index (χ1n) is 3.38. The third kappa shape index (κ3) is 1.13. The average Bonchev–Trinajstić information content (AvgIpc) is 2.60. The minimum atomic E-state index is -0.453. The molecule has 0 atom stereocenters. The van der Waals surface area contributed by atoms with Crippen LogP contribution in [0.1, 0.15) is 0 Å². The van der Waals surface area contributed by atoms with Crippen LogP contribution in [-0.4, -0.2) is 30.0 Å². The second-order valence-electron chi connectivity index (χ2n) is 2.36. The van der Waals surface area contributed by atoms with Crippen LogP contribution in [0.2, 0.25) is 5.02 Å². The maximum absolute atomic E-state index is 11.1. The molecular weight excluding hydrogens is 196 g/mol. The summed E-state index contributed by atoms with van der Waals surface area (Å²) in [4.78, 5) is 11.1. The van der Waals surface area contributed by atoms with Crippen LogP contribution in [0, 0.1) is 0 Å². The van der Waals surface area contributed by atoms with Gasteiger partial charge in [0.15, 0.2) is 5.82 Å². The van der Waals surface area contributed by atoms with Crippen molar-refractivity contribution >= 4 is 11.6 Å².